The molecule has 5 heteroatoms. The number of nitrogens with zero attached hydrogens (tertiary/aromatic N) is 1. The largest absolute Gasteiger partial charge is 0.323 e. The molecule has 2 rings (SSSR count). The van der Waals surface area contributed by atoms with Gasteiger partial charge in [-0.15, -0.1) is 0 Å². The van der Waals surface area contributed by atoms with E-state index in [1.54, 1.807) is 19.2 Å². The fourth-order valence-corrected chi connectivity index (χ4v) is 1.98. The van der Waals surface area contributed by atoms with Crippen molar-refractivity contribution in [1.29, 1.82) is 0 Å². The molecule has 0 fully saturated rings. The van der Waals surface area contributed by atoms with E-state index in [1.807, 2.05) is 24.3 Å². The van der Waals surface area contributed by atoms with Crippen LogP contribution >= 0.6 is 15.9 Å². The Bertz CT molecular complexity index is 601. The van der Waals surface area contributed by atoms with Crippen LogP contribution < -0.4 is 5.32 Å². The molecule has 0 unspecified atom stereocenters. The lowest BCUT2D eigenvalue weighted by atomic mass is 10.2. The van der Waals surface area contributed by atoms with Crippen molar-refractivity contribution in [3.63, 3.8) is 0 Å². The van der Waals surface area contributed by atoms with Gasteiger partial charge < -0.3 is 10.2 Å². The van der Waals surface area contributed by atoms with E-state index in [0.717, 1.165) is 10.0 Å². The second-order valence-electron chi connectivity index (χ2n) is 4.42. The standard InChI is InChI=1S/C15H14BrFN2O/c1-19(10-11-5-7-12(16)8-6-11)15(20)18-14-4-2-3-13(17)9-14/h2-9H,10H2,1H3,(H,18,20). The van der Waals surface area contributed by atoms with Crippen molar-refractivity contribution in [3.8, 4) is 0 Å². The summed E-state index contributed by atoms with van der Waals surface area (Å²) in [7, 11) is 1.69. The second kappa shape index (κ2) is 6.52. The third kappa shape index (κ3) is 4.06. The van der Waals surface area contributed by atoms with Crippen molar-refractivity contribution in [2.24, 2.45) is 0 Å². The first-order chi connectivity index (χ1) is 9.54. The third-order valence-electron chi connectivity index (χ3n) is 2.76. The van der Waals surface area contributed by atoms with Crippen molar-refractivity contribution in [2.75, 3.05) is 12.4 Å². The van der Waals surface area contributed by atoms with Gasteiger partial charge >= 0.3 is 6.03 Å². The number of urea groups is 1. The lowest BCUT2D eigenvalue weighted by Gasteiger charge is -2.18. The SMILES string of the molecule is CN(Cc1ccc(Br)cc1)C(=O)Nc1cccc(F)c1. The Labute approximate surface area is 125 Å². The fraction of sp³-hybridized carbons (Fsp3) is 0.133. The van der Waals surface area contributed by atoms with Crippen molar-refractivity contribution < 1.29 is 9.18 Å². The third-order valence-corrected chi connectivity index (χ3v) is 3.28. The molecule has 0 aliphatic carbocycles. The Morgan fingerprint density at radius 3 is 2.60 bits per heavy atom. The van der Waals surface area contributed by atoms with E-state index in [0.29, 0.717) is 12.2 Å². The predicted molar refractivity (Wildman–Crippen MR) is 81.0 cm³/mol. The lowest BCUT2D eigenvalue weighted by Crippen LogP contribution is -2.30. The van der Waals surface area contributed by atoms with Gasteiger partial charge in [0.05, 0.1) is 0 Å². The fourth-order valence-electron chi connectivity index (χ4n) is 1.72. The van der Waals surface area contributed by atoms with Crippen molar-refractivity contribution in [1.82, 2.24) is 4.90 Å². The quantitative estimate of drug-likeness (QED) is 0.892. The molecule has 0 saturated heterocycles. The lowest BCUT2D eigenvalue weighted by molar-refractivity contribution is 0.220. The number of rotatable bonds is 3. The number of carbonyl (C=O) groups excluding carboxylic acids is 1. The molecule has 2 aromatic carbocycles. The maximum absolute atomic E-state index is 13.0. The van der Waals surface area contributed by atoms with Crippen LogP contribution in [-0.4, -0.2) is 18.0 Å². The van der Waals surface area contributed by atoms with Crippen LogP contribution in [0.1, 0.15) is 5.56 Å². The second-order valence-corrected chi connectivity index (χ2v) is 5.34. The van der Waals surface area contributed by atoms with Crippen molar-refractivity contribution in [3.05, 3.63) is 64.4 Å². The molecule has 3 nitrogen and oxygen atoms in total. The van der Waals surface area contributed by atoms with Gasteiger partial charge in [-0.2, -0.15) is 0 Å². The number of carbonyl (C=O) groups is 1. The van der Waals surface area contributed by atoms with E-state index in [1.165, 1.54) is 17.0 Å². The van der Waals surface area contributed by atoms with E-state index >= 15 is 0 Å². The van der Waals surface area contributed by atoms with Crippen molar-refractivity contribution in [2.45, 2.75) is 6.54 Å². The van der Waals surface area contributed by atoms with Gasteiger partial charge in [-0.1, -0.05) is 34.1 Å². The number of halogens is 2. The number of anilines is 1. The van der Waals surface area contributed by atoms with E-state index in [9.17, 15) is 9.18 Å². The average molecular weight is 337 g/mol. The maximum atomic E-state index is 13.0. The zero-order chi connectivity index (χ0) is 14.5. The van der Waals surface area contributed by atoms with Crippen LogP contribution in [0.2, 0.25) is 0 Å². The minimum absolute atomic E-state index is 0.279. The summed E-state index contributed by atoms with van der Waals surface area (Å²) in [6.07, 6.45) is 0. The number of hydrogen-bond acceptors (Lipinski definition) is 1. The first-order valence-corrected chi connectivity index (χ1v) is 6.86. The average Bonchev–Trinajstić information content (AvgIpc) is 2.41. The summed E-state index contributed by atoms with van der Waals surface area (Å²) in [6.45, 7) is 0.481. The monoisotopic (exact) mass is 336 g/mol. The molecule has 0 atom stereocenters. The van der Waals surface area contributed by atoms with Gasteiger partial charge in [-0.3, -0.25) is 0 Å². The van der Waals surface area contributed by atoms with E-state index in [2.05, 4.69) is 21.2 Å². The number of hydrogen-bond donors (Lipinski definition) is 1. The van der Waals surface area contributed by atoms with Crippen LogP contribution in [0.15, 0.2) is 53.0 Å². The van der Waals surface area contributed by atoms with Gasteiger partial charge in [0.2, 0.25) is 0 Å². The summed E-state index contributed by atoms with van der Waals surface area (Å²) in [6, 6.07) is 13.3. The zero-order valence-corrected chi connectivity index (χ0v) is 12.5. The van der Waals surface area contributed by atoms with Crippen LogP contribution in [-0.2, 0) is 6.54 Å². The molecule has 0 aliphatic heterocycles. The summed E-state index contributed by atoms with van der Waals surface area (Å²) in [5.41, 5.74) is 1.46. The molecular weight excluding hydrogens is 323 g/mol. The Kier molecular flexibility index (Phi) is 4.74. The molecule has 2 amide bonds. The van der Waals surface area contributed by atoms with Gasteiger partial charge in [0.15, 0.2) is 0 Å². The molecule has 0 saturated carbocycles. The molecular formula is C15H14BrFN2O. The first kappa shape index (κ1) is 14.5. The molecule has 0 bridgehead atoms. The molecule has 0 spiro atoms. The summed E-state index contributed by atoms with van der Waals surface area (Å²) >= 11 is 3.36. The maximum Gasteiger partial charge on any atom is 0.321 e. The molecule has 20 heavy (non-hydrogen) atoms. The number of benzene rings is 2. The zero-order valence-electron chi connectivity index (χ0n) is 10.9. The Balaban J connectivity index is 1.96. The molecule has 0 aromatic heterocycles. The molecule has 0 aliphatic rings. The summed E-state index contributed by atoms with van der Waals surface area (Å²) in [4.78, 5) is 13.5. The van der Waals surface area contributed by atoms with Gasteiger partial charge in [-0.25, -0.2) is 9.18 Å². The summed E-state index contributed by atoms with van der Waals surface area (Å²) in [5, 5.41) is 2.65. The highest BCUT2D eigenvalue weighted by molar-refractivity contribution is 9.10. The van der Waals surface area contributed by atoms with Crippen LogP contribution in [0, 0.1) is 5.82 Å². The summed E-state index contributed by atoms with van der Waals surface area (Å²) < 4.78 is 14.0. The summed E-state index contributed by atoms with van der Waals surface area (Å²) in [5.74, 6) is -0.377. The Morgan fingerprint density at radius 2 is 1.95 bits per heavy atom. The molecule has 1 N–H and O–H groups in total. The van der Waals surface area contributed by atoms with Crippen LogP contribution in [0.5, 0.6) is 0 Å². The minimum atomic E-state index is -0.377. The van der Waals surface area contributed by atoms with Crippen LogP contribution in [0.3, 0.4) is 0 Å². The minimum Gasteiger partial charge on any atom is -0.323 e. The van der Waals surface area contributed by atoms with Gasteiger partial charge in [-0.05, 0) is 35.9 Å². The van der Waals surface area contributed by atoms with Gasteiger partial charge in [0, 0.05) is 23.8 Å². The number of nitrogens with one attached hydrogen (secondary N) is 1. The predicted octanol–water partition coefficient (Wildman–Crippen LogP) is 4.25. The van der Waals surface area contributed by atoms with E-state index < -0.39 is 0 Å². The van der Waals surface area contributed by atoms with Crippen LogP contribution in [0.4, 0.5) is 14.9 Å². The smallest absolute Gasteiger partial charge is 0.321 e. The topological polar surface area (TPSA) is 32.3 Å². The molecule has 0 radical (unpaired) electrons. The number of amides is 2. The van der Waals surface area contributed by atoms with Crippen LogP contribution in [0.25, 0.3) is 0 Å². The first-order valence-electron chi connectivity index (χ1n) is 6.07. The molecule has 2 aromatic rings. The van der Waals surface area contributed by atoms with Gasteiger partial charge in [0.25, 0.3) is 0 Å². The van der Waals surface area contributed by atoms with E-state index in [-0.39, 0.29) is 11.8 Å². The molecule has 104 valence electrons. The molecule has 0 heterocycles. The Hall–Kier alpha value is -1.88. The van der Waals surface area contributed by atoms with Gasteiger partial charge in [0.1, 0.15) is 5.82 Å². The highest BCUT2D eigenvalue weighted by Gasteiger charge is 2.09. The highest BCUT2D eigenvalue weighted by Crippen LogP contribution is 2.13. The highest BCUT2D eigenvalue weighted by atomic mass is 79.9. The normalized spacial score (nSPS) is 10.2. The van der Waals surface area contributed by atoms with E-state index in [4.69, 9.17) is 0 Å². The Morgan fingerprint density at radius 1 is 1.25 bits per heavy atom. The van der Waals surface area contributed by atoms with Crippen molar-refractivity contribution >= 4 is 27.6 Å².